The number of nitrogens with one attached hydrogen (secondary N) is 1. The number of aryl methyl sites for hydroxylation is 2. The van der Waals surface area contributed by atoms with Gasteiger partial charge in [-0.3, -0.25) is 4.79 Å². The first-order valence-corrected chi connectivity index (χ1v) is 7.09. The minimum Gasteiger partial charge on any atom is -0.497 e. The zero-order valence-corrected chi connectivity index (χ0v) is 13.9. The molecule has 6 heteroatoms. The van der Waals surface area contributed by atoms with Crippen LogP contribution in [0.4, 0.5) is 0 Å². The van der Waals surface area contributed by atoms with Crippen molar-refractivity contribution in [3.63, 3.8) is 0 Å². The monoisotopic (exact) mass is 316 g/mol. The average Bonchev–Trinajstić information content (AvgIpc) is 2.90. The molecule has 1 aromatic heterocycles. The van der Waals surface area contributed by atoms with Gasteiger partial charge in [0.1, 0.15) is 23.0 Å². The lowest BCUT2D eigenvalue weighted by Gasteiger charge is -2.07. The number of carbonyl (C=O) groups excluding carboxylic acids is 1. The van der Waals surface area contributed by atoms with Gasteiger partial charge < -0.3 is 13.9 Å². The summed E-state index contributed by atoms with van der Waals surface area (Å²) < 4.78 is 15.8. The number of furan rings is 1. The van der Waals surface area contributed by atoms with Crippen LogP contribution in [-0.4, -0.2) is 25.8 Å². The summed E-state index contributed by atoms with van der Waals surface area (Å²) in [6.45, 7) is 5.53. The topological polar surface area (TPSA) is 73.1 Å². The first-order valence-electron chi connectivity index (χ1n) is 7.09. The molecule has 23 heavy (non-hydrogen) atoms. The molecule has 0 bridgehead atoms. The standard InChI is InChI=1S/C17H20N2O4/c1-10-6-16(12(3)23-10)11(2)18-19-17(20)13-7-14(21-4)9-15(8-13)22-5/h6-9H,1-5H3,(H,19,20)/b18-11-. The van der Waals surface area contributed by atoms with Crippen molar-refractivity contribution < 1.29 is 18.7 Å². The molecule has 0 unspecified atom stereocenters. The first kappa shape index (κ1) is 16.6. The van der Waals surface area contributed by atoms with Crippen molar-refractivity contribution in [1.82, 2.24) is 5.43 Å². The molecule has 1 heterocycles. The van der Waals surface area contributed by atoms with E-state index in [1.165, 1.54) is 14.2 Å². The predicted molar refractivity (Wildman–Crippen MR) is 87.4 cm³/mol. The fourth-order valence-corrected chi connectivity index (χ4v) is 2.19. The van der Waals surface area contributed by atoms with Crippen molar-refractivity contribution >= 4 is 11.6 Å². The van der Waals surface area contributed by atoms with Crippen LogP contribution in [0.25, 0.3) is 0 Å². The van der Waals surface area contributed by atoms with Crippen LogP contribution in [0, 0.1) is 13.8 Å². The maximum absolute atomic E-state index is 12.3. The Balaban J connectivity index is 2.19. The second-order valence-corrected chi connectivity index (χ2v) is 5.07. The van der Waals surface area contributed by atoms with Crippen molar-refractivity contribution in [2.45, 2.75) is 20.8 Å². The number of hydrazone groups is 1. The quantitative estimate of drug-likeness (QED) is 0.679. The largest absolute Gasteiger partial charge is 0.497 e. The van der Waals surface area contributed by atoms with Gasteiger partial charge in [-0.2, -0.15) is 5.10 Å². The highest BCUT2D eigenvalue weighted by Gasteiger charge is 2.11. The van der Waals surface area contributed by atoms with Crippen molar-refractivity contribution in [1.29, 1.82) is 0 Å². The molecule has 1 amide bonds. The van der Waals surface area contributed by atoms with E-state index in [2.05, 4.69) is 10.5 Å². The Kier molecular flexibility index (Phi) is 5.05. The summed E-state index contributed by atoms with van der Waals surface area (Å²) in [5.41, 5.74) is 4.47. The molecule has 0 radical (unpaired) electrons. The van der Waals surface area contributed by atoms with Gasteiger partial charge in [0.05, 0.1) is 19.9 Å². The van der Waals surface area contributed by atoms with Crippen molar-refractivity contribution in [3.05, 3.63) is 46.9 Å². The molecule has 2 rings (SSSR count). The van der Waals surface area contributed by atoms with Gasteiger partial charge in [-0.05, 0) is 39.0 Å². The molecular weight excluding hydrogens is 296 g/mol. The van der Waals surface area contributed by atoms with Crippen LogP contribution >= 0.6 is 0 Å². The molecule has 0 saturated carbocycles. The summed E-state index contributed by atoms with van der Waals surface area (Å²) in [6.07, 6.45) is 0. The maximum atomic E-state index is 12.3. The lowest BCUT2D eigenvalue weighted by Crippen LogP contribution is -2.19. The van der Waals surface area contributed by atoms with Crippen LogP contribution in [0.1, 0.15) is 34.4 Å². The molecule has 0 atom stereocenters. The Labute approximate surface area is 135 Å². The highest BCUT2D eigenvalue weighted by atomic mass is 16.5. The fraction of sp³-hybridized carbons (Fsp3) is 0.294. The molecule has 122 valence electrons. The van der Waals surface area contributed by atoms with Gasteiger partial charge in [0.15, 0.2) is 0 Å². The van der Waals surface area contributed by atoms with Crippen LogP contribution in [0.2, 0.25) is 0 Å². The molecular formula is C17H20N2O4. The van der Waals surface area contributed by atoms with E-state index < -0.39 is 0 Å². The van der Waals surface area contributed by atoms with Crippen LogP contribution in [0.5, 0.6) is 11.5 Å². The molecule has 2 aromatic rings. The molecule has 0 spiro atoms. The summed E-state index contributed by atoms with van der Waals surface area (Å²) in [6, 6.07) is 6.82. The third-order valence-electron chi connectivity index (χ3n) is 3.37. The van der Waals surface area contributed by atoms with Gasteiger partial charge in [0, 0.05) is 17.2 Å². The molecule has 0 aliphatic rings. The van der Waals surface area contributed by atoms with Gasteiger partial charge in [-0.25, -0.2) is 5.43 Å². The fourth-order valence-electron chi connectivity index (χ4n) is 2.19. The smallest absolute Gasteiger partial charge is 0.271 e. The minimum absolute atomic E-state index is 0.348. The molecule has 0 saturated heterocycles. The lowest BCUT2D eigenvalue weighted by molar-refractivity contribution is 0.0954. The van der Waals surface area contributed by atoms with E-state index in [1.807, 2.05) is 26.8 Å². The van der Waals surface area contributed by atoms with Gasteiger partial charge in [0.25, 0.3) is 5.91 Å². The molecule has 1 N–H and O–H groups in total. The minimum atomic E-state index is -0.348. The van der Waals surface area contributed by atoms with Crippen LogP contribution in [0.3, 0.4) is 0 Å². The maximum Gasteiger partial charge on any atom is 0.271 e. The van der Waals surface area contributed by atoms with Crippen LogP contribution in [0.15, 0.2) is 33.8 Å². The van der Waals surface area contributed by atoms with E-state index >= 15 is 0 Å². The first-order chi connectivity index (χ1) is 10.9. The highest BCUT2D eigenvalue weighted by molar-refractivity contribution is 6.01. The van der Waals surface area contributed by atoms with Gasteiger partial charge in [-0.1, -0.05) is 0 Å². The highest BCUT2D eigenvalue weighted by Crippen LogP contribution is 2.22. The third kappa shape index (κ3) is 3.91. The van der Waals surface area contributed by atoms with Crippen LogP contribution < -0.4 is 14.9 Å². The molecule has 6 nitrogen and oxygen atoms in total. The number of nitrogens with zero attached hydrogens (tertiary/aromatic N) is 1. The Morgan fingerprint density at radius 3 is 2.17 bits per heavy atom. The Morgan fingerprint density at radius 2 is 1.70 bits per heavy atom. The number of hydrogen-bond acceptors (Lipinski definition) is 5. The Morgan fingerprint density at radius 1 is 1.09 bits per heavy atom. The number of hydrogen-bond donors (Lipinski definition) is 1. The summed E-state index contributed by atoms with van der Waals surface area (Å²) in [5.74, 6) is 2.30. The molecule has 0 fully saturated rings. The van der Waals surface area contributed by atoms with Gasteiger partial charge >= 0.3 is 0 Å². The summed E-state index contributed by atoms with van der Waals surface area (Å²) in [4.78, 5) is 12.3. The Bertz CT molecular complexity index is 725. The van der Waals surface area contributed by atoms with Crippen molar-refractivity contribution in [3.8, 4) is 11.5 Å². The summed E-state index contributed by atoms with van der Waals surface area (Å²) in [7, 11) is 3.06. The summed E-state index contributed by atoms with van der Waals surface area (Å²) >= 11 is 0. The second-order valence-electron chi connectivity index (χ2n) is 5.07. The Hall–Kier alpha value is -2.76. The van der Waals surface area contributed by atoms with E-state index in [-0.39, 0.29) is 5.91 Å². The number of carbonyl (C=O) groups is 1. The third-order valence-corrected chi connectivity index (χ3v) is 3.37. The number of rotatable bonds is 5. The zero-order valence-electron chi connectivity index (χ0n) is 13.9. The van der Waals surface area contributed by atoms with E-state index in [0.29, 0.717) is 22.8 Å². The van der Waals surface area contributed by atoms with Crippen LogP contribution in [-0.2, 0) is 0 Å². The number of methoxy groups -OCH3 is 2. The second kappa shape index (κ2) is 7.00. The van der Waals surface area contributed by atoms with Gasteiger partial charge in [0.2, 0.25) is 0 Å². The van der Waals surface area contributed by atoms with E-state index in [0.717, 1.165) is 17.1 Å². The molecule has 1 aromatic carbocycles. The number of ether oxygens (including phenoxy) is 2. The molecule has 0 aliphatic carbocycles. The van der Waals surface area contributed by atoms with Crippen molar-refractivity contribution in [2.75, 3.05) is 14.2 Å². The zero-order chi connectivity index (χ0) is 17.0. The summed E-state index contributed by atoms with van der Waals surface area (Å²) in [5, 5.41) is 4.13. The normalized spacial score (nSPS) is 11.3. The number of benzene rings is 1. The predicted octanol–water partition coefficient (Wildman–Crippen LogP) is 3.07. The lowest BCUT2D eigenvalue weighted by atomic mass is 10.1. The number of amides is 1. The van der Waals surface area contributed by atoms with E-state index in [4.69, 9.17) is 13.9 Å². The molecule has 0 aliphatic heterocycles. The average molecular weight is 316 g/mol. The van der Waals surface area contributed by atoms with E-state index in [1.54, 1.807) is 18.2 Å². The van der Waals surface area contributed by atoms with Crippen molar-refractivity contribution in [2.24, 2.45) is 5.10 Å². The van der Waals surface area contributed by atoms with E-state index in [9.17, 15) is 4.79 Å². The SMILES string of the molecule is COc1cc(OC)cc(C(=O)N/N=C(/C)c2cc(C)oc2C)c1. The van der Waals surface area contributed by atoms with Gasteiger partial charge in [-0.15, -0.1) is 0 Å².